The molecule has 1 aliphatic heterocycles. The number of thioether (sulfide) groups is 1. The van der Waals surface area contributed by atoms with Crippen LogP contribution in [-0.4, -0.2) is 48.0 Å². The van der Waals surface area contributed by atoms with E-state index in [9.17, 15) is 9.59 Å². The standard InChI is InChI=1S/C28H28O6S/c1-19-23(33-26(29)21-14-8-4-9-15-21)24(34-27(30)22-16-10-5-11-17-22)25(28(32-19)35-2)31-18-20-12-6-3-7-13-20/h3-17,19,23-25,28H,18H2,1-2H3/t19-,23+,24+,25-,28+/m0/s1. The third kappa shape index (κ3) is 6.31. The first-order valence-electron chi connectivity index (χ1n) is 11.4. The highest BCUT2D eigenvalue weighted by molar-refractivity contribution is 7.99. The van der Waals surface area contributed by atoms with Gasteiger partial charge in [-0.05, 0) is 43.0 Å². The molecule has 0 N–H and O–H groups in total. The minimum absolute atomic E-state index is 0.291. The number of benzene rings is 3. The number of hydrogen-bond acceptors (Lipinski definition) is 7. The Bertz CT molecular complexity index is 1090. The Morgan fingerprint density at radius 2 is 1.23 bits per heavy atom. The monoisotopic (exact) mass is 492 g/mol. The largest absolute Gasteiger partial charge is 0.452 e. The number of hydrogen-bond donors (Lipinski definition) is 0. The third-order valence-electron chi connectivity index (χ3n) is 5.75. The first-order valence-corrected chi connectivity index (χ1v) is 12.7. The van der Waals surface area contributed by atoms with Crippen molar-refractivity contribution in [2.45, 2.75) is 43.4 Å². The van der Waals surface area contributed by atoms with Crippen LogP contribution in [0.5, 0.6) is 0 Å². The van der Waals surface area contributed by atoms with E-state index in [-0.39, 0.29) is 0 Å². The highest BCUT2D eigenvalue weighted by atomic mass is 32.2. The highest BCUT2D eigenvalue weighted by Crippen LogP contribution is 2.34. The molecule has 6 nitrogen and oxygen atoms in total. The molecule has 1 aliphatic rings. The molecule has 5 atom stereocenters. The molecule has 0 radical (unpaired) electrons. The van der Waals surface area contributed by atoms with E-state index in [1.54, 1.807) is 48.5 Å². The molecule has 1 fully saturated rings. The zero-order chi connectivity index (χ0) is 24.6. The average molecular weight is 493 g/mol. The van der Waals surface area contributed by atoms with Gasteiger partial charge in [0.2, 0.25) is 0 Å². The van der Waals surface area contributed by atoms with Crippen LogP contribution in [0, 0.1) is 0 Å². The van der Waals surface area contributed by atoms with Crippen LogP contribution in [0.15, 0.2) is 91.0 Å². The molecular formula is C28H28O6S. The van der Waals surface area contributed by atoms with Crippen LogP contribution in [0.1, 0.15) is 33.2 Å². The summed E-state index contributed by atoms with van der Waals surface area (Å²) >= 11 is 1.46. The van der Waals surface area contributed by atoms with Crippen LogP contribution in [0.25, 0.3) is 0 Å². The van der Waals surface area contributed by atoms with Gasteiger partial charge in [0.1, 0.15) is 11.5 Å². The maximum Gasteiger partial charge on any atom is 0.338 e. The Labute approximate surface area is 209 Å². The van der Waals surface area contributed by atoms with E-state index in [1.165, 1.54) is 11.8 Å². The molecule has 0 aromatic heterocycles. The van der Waals surface area contributed by atoms with Crippen molar-refractivity contribution in [2.75, 3.05) is 6.26 Å². The number of carbonyl (C=O) groups excluding carboxylic acids is 2. The Hall–Kier alpha value is -3.13. The van der Waals surface area contributed by atoms with E-state index >= 15 is 0 Å². The van der Waals surface area contributed by atoms with Gasteiger partial charge in [-0.2, -0.15) is 0 Å². The molecule has 35 heavy (non-hydrogen) atoms. The van der Waals surface area contributed by atoms with E-state index in [0.717, 1.165) is 5.56 Å². The second-order valence-electron chi connectivity index (χ2n) is 8.18. The molecule has 0 unspecified atom stereocenters. The van der Waals surface area contributed by atoms with Gasteiger partial charge in [0.05, 0.1) is 23.8 Å². The second-order valence-corrected chi connectivity index (χ2v) is 9.11. The second kappa shape index (κ2) is 12.0. The van der Waals surface area contributed by atoms with Gasteiger partial charge in [0.25, 0.3) is 0 Å². The summed E-state index contributed by atoms with van der Waals surface area (Å²) in [5.74, 6) is -1.03. The number of esters is 2. The molecule has 1 saturated heterocycles. The summed E-state index contributed by atoms with van der Waals surface area (Å²) in [6, 6.07) is 27.1. The van der Waals surface area contributed by atoms with E-state index < -0.39 is 41.8 Å². The normalized spacial score (nSPS) is 23.9. The zero-order valence-electron chi connectivity index (χ0n) is 19.6. The summed E-state index contributed by atoms with van der Waals surface area (Å²) in [6.07, 6.45) is -1.02. The minimum atomic E-state index is -0.875. The molecule has 0 amide bonds. The lowest BCUT2D eigenvalue weighted by Crippen LogP contribution is -2.59. The SMILES string of the molecule is CS[C@H]1O[C@@H](C)[C@@H](OC(=O)c2ccccc2)[C@@H](OC(=O)c2ccccc2)[C@@H]1OCc1ccccc1. The maximum absolute atomic E-state index is 13.1. The summed E-state index contributed by atoms with van der Waals surface area (Å²) in [5.41, 5.74) is 1.36. The van der Waals surface area contributed by atoms with Crippen molar-refractivity contribution in [3.05, 3.63) is 108 Å². The highest BCUT2D eigenvalue weighted by Gasteiger charge is 2.49. The molecule has 182 valence electrons. The van der Waals surface area contributed by atoms with Crippen molar-refractivity contribution in [1.82, 2.24) is 0 Å². The quantitative estimate of drug-likeness (QED) is 0.404. The molecule has 3 aromatic rings. The van der Waals surface area contributed by atoms with Crippen molar-refractivity contribution < 1.29 is 28.5 Å². The van der Waals surface area contributed by atoms with Gasteiger partial charge in [-0.1, -0.05) is 66.7 Å². The summed E-state index contributed by atoms with van der Waals surface area (Å²) in [4.78, 5) is 26.0. The van der Waals surface area contributed by atoms with Gasteiger partial charge >= 0.3 is 11.9 Å². The van der Waals surface area contributed by atoms with Crippen molar-refractivity contribution in [3.63, 3.8) is 0 Å². The lowest BCUT2D eigenvalue weighted by atomic mass is 9.99. The fraction of sp³-hybridized carbons (Fsp3) is 0.286. The van der Waals surface area contributed by atoms with E-state index in [1.807, 2.05) is 55.6 Å². The zero-order valence-corrected chi connectivity index (χ0v) is 20.4. The molecule has 0 spiro atoms. The topological polar surface area (TPSA) is 71.1 Å². The van der Waals surface area contributed by atoms with Crippen LogP contribution < -0.4 is 0 Å². The predicted molar refractivity (Wildman–Crippen MR) is 134 cm³/mol. The van der Waals surface area contributed by atoms with Gasteiger partial charge < -0.3 is 18.9 Å². The van der Waals surface area contributed by atoms with Crippen LogP contribution in [0.3, 0.4) is 0 Å². The Balaban J connectivity index is 1.62. The molecule has 0 bridgehead atoms. The molecule has 0 aliphatic carbocycles. The first kappa shape index (κ1) is 25.0. The minimum Gasteiger partial charge on any atom is -0.452 e. The average Bonchev–Trinajstić information content (AvgIpc) is 2.91. The van der Waals surface area contributed by atoms with E-state index in [4.69, 9.17) is 18.9 Å². The maximum atomic E-state index is 13.1. The molecule has 7 heteroatoms. The fourth-order valence-corrected chi connectivity index (χ4v) is 4.72. The van der Waals surface area contributed by atoms with Crippen LogP contribution in [0.4, 0.5) is 0 Å². The van der Waals surface area contributed by atoms with Crippen molar-refractivity contribution in [1.29, 1.82) is 0 Å². The van der Waals surface area contributed by atoms with Gasteiger partial charge in [-0.25, -0.2) is 9.59 Å². The molecular weight excluding hydrogens is 464 g/mol. The van der Waals surface area contributed by atoms with Gasteiger partial charge in [0, 0.05) is 0 Å². The Kier molecular flexibility index (Phi) is 8.58. The van der Waals surface area contributed by atoms with Crippen LogP contribution in [0.2, 0.25) is 0 Å². The van der Waals surface area contributed by atoms with Gasteiger partial charge in [0.15, 0.2) is 12.2 Å². The molecule has 4 rings (SSSR count). The number of carbonyl (C=O) groups is 2. The smallest absolute Gasteiger partial charge is 0.338 e. The first-order chi connectivity index (χ1) is 17.1. The summed E-state index contributed by atoms with van der Waals surface area (Å²) in [6.45, 7) is 2.10. The van der Waals surface area contributed by atoms with E-state index in [2.05, 4.69) is 0 Å². The lowest BCUT2D eigenvalue weighted by Gasteiger charge is -2.44. The third-order valence-corrected chi connectivity index (χ3v) is 6.59. The Morgan fingerprint density at radius 1 is 0.743 bits per heavy atom. The van der Waals surface area contributed by atoms with Crippen LogP contribution in [-0.2, 0) is 25.6 Å². The molecule has 0 saturated carbocycles. The Morgan fingerprint density at radius 3 is 1.74 bits per heavy atom. The number of rotatable bonds is 8. The summed E-state index contributed by atoms with van der Waals surface area (Å²) in [5, 5.41) is 0. The number of ether oxygens (including phenoxy) is 4. The summed E-state index contributed by atoms with van der Waals surface area (Å²) in [7, 11) is 0. The predicted octanol–water partition coefficient (Wildman–Crippen LogP) is 5.13. The molecule has 3 aromatic carbocycles. The molecule has 1 heterocycles. The van der Waals surface area contributed by atoms with Crippen molar-refractivity contribution in [3.8, 4) is 0 Å². The van der Waals surface area contributed by atoms with Crippen molar-refractivity contribution >= 4 is 23.7 Å². The van der Waals surface area contributed by atoms with Crippen molar-refractivity contribution in [2.24, 2.45) is 0 Å². The van der Waals surface area contributed by atoms with Crippen LogP contribution >= 0.6 is 11.8 Å². The lowest BCUT2D eigenvalue weighted by molar-refractivity contribution is -0.211. The van der Waals surface area contributed by atoms with Gasteiger partial charge in [-0.3, -0.25) is 0 Å². The van der Waals surface area contributed by atoms with E-state index in [0.29, 0.717) is 17.7 Å². The fourth-order valence-electron chi connectivity index (χ4n) is 3.93. The summed E-state index contributed by atoms with van der Waals surface area (Å²) < 4.78 is 24.3. The van der Waals surface area contributed by atoms with Gasteiger partial charge in [-0.15, -0.1) is 11.8 Å².